The first-order valence-corrected chi connectivity index (χ1v) is 11.1. The molecule has 3 N–H and O–H groups in total. The number of nitrogens with two attached hydrogens (primary N) is 1. The van der Waals surface area contributed by atoms with Gasteiger partial charge in [0.2, 0.25) is 5.88 Å². The van der Waals surface area contributed by atoms with E-state index in [9.17, 15) is 9.18 Å². The Hall–Kier alpha value is -3.85. The van der Waals surface area contributed by atoms with Crippen molar-refractivity contribution in [1.82, 2.24) is 19.9 Å². The van der Waals surface area contributed by atoms with Gasteiger partial charge < -0.3 is 14.6 Å². The second kappa shape index (κ2) is 8.83. The zero-order chi connectivity index (χ0) is 23.7. The minimum atomic E-state index is -0.553. The first-order valence-electron chi connectivity index (χ1n) is 11.1. The van der Waals surface area contributed by atoms with E-state index in [0.29, 0.717) is 35.6 Å². The van der Waals surface area contributed by atoms with Gasteiger partial charge >= 0.3 is 5.97 Å². The molecule has 0 atom stereocenters. The molecule has 3 aromatic heterocycles. The maximum Gasteiger partial charge on any atom is 0.330 e. The predicted octanol–water partition coefficient (Wildman–Crippen LogP) is 4.57. The zero-order valence-corrected chi connectivity index (χ0v) is 18.6. The van der Waals surface area contributed by atoms with Gasteiger partial charge in [-0.2, -0.15) is 5.90 Å². The highest BCUT2D eigenvalue weighted by Gasteiger charge is 2.39. The minimum absolute atomic E-state index is 0.00769. The molecule has 0 unspecified atom stereocenters. The fraction of sp³-hybridized carbons (Fsp3) is 0.280. The van der Waals surface area contributed by atoms with E-state index in [1.54, 1.807) is 18.5 Å². The van der Waals surface area contributed by atoms with E-state index >= 15 is 0 Å². The second-order valence-corrected chi connectivity index (χ2v) is 8.85. The van der Waals surface area contributed by atoms with Gasteiger partial charge in [0.25, 0.3) is 0 Å². The van der Waals surface area contributed by atoms with Crippen LogP contribution in [-0.4, -0.2) is 32.0 Å². The summed E-state index contributed by atoms with van der Waals surface area (Å²) in [6, 6.07) is 12.0. The van der Waals surface area contributed by atoms with Crippen molar-refractivity contribution >= 4 is 17.0 Å². The van der Waals surface area contributed by atoms with E-state index in [0.717, 1.165) is 29.7 Å². The molecule has 9 heteroatoms. The Bertz CT molecular complexity index is 1310. The summed E-state index contributed by atoms with van der Waals surface area (Å²) in [5, 5.41) is 0. The van der Waals surface area contributed by atoms with Crippen LogP contribution in [0.15, 0.2) is 54.9 Å². The predicted molar refractivity (Wildman–Crippen MR) is 124 cm³/mol. The third-order valence-corrected chi connectivity index (χ3v) is 6.44. The number of carbonyl (C=O) groups excluding carboxylic acids is 1. The topological polar surface area (TPSA) is 116 Å². The largest absolute Gasteiger partial charge is 0.474 e. The van der Waals surface area contributed by atoms with E-state index in [4.69, 9.17) is 10.6 Å². The van der Waals surface area contributed by atoms with Crippen LogP contribution in [0.2, 0.25) is 0 Å². The van der Waals surface area contributed by atoms with Crippen LogP contribution in [0.1, 0.15) is 32.6 Å². The molecule has 34 heavy (non-hydrogen) atoms. The van der Waals surface area contributed by atoms with Crippen LogP contribution < -0.4 is 10.6 Å². The molecule has 0 spiro atoms. The summed E-state index contributed by atoms with van der Waals surface area (Å²) >= 11 is 0. The molecule has 5 rings (SSSR count). The summed E-state index contributed by atoms with van der Waals surface area (Å²) in [5.41, 5.74) is 3.20. The van der Waals surface area contributed by atoms with Gasteiger partial charge in [-0.3, -0.25) is 4.98 Å². The Kier molecular flexibility index (Phi) is 5.70. The van der Waals surface area contributed by atoms with Crippen LogP contribution in [0.4, 0.5) is 4.39 Å². The lowest BCUT2D eigenvalue weighted by atomic mass is 9.75. The lowest BCUT2D eigenvalue weighted by Gasteiger charge is -2.34. The van der Waals surface area contributed by atoms with Gasteiger partial charge in [-0.05, 0) is 69.0 Å². The molecule has 0 bridgehead atoms. The van der Waals surface area contributed by atoms with Gasteiger partial charge in [-0.1, -0.05) is 0 Å². The summed E-state index contributed by atoms with van der Waals surface area (Å²) in [6.07, 6.45) is 6.20. The number of pyridine rings is 2. The molecule has 1 aliphatic rings. The fourth-order valence-corrected chi connectivity index (χ4v) is 4.29. The third-order valence-electron chi connectivity index (χ3n) is 6.44. The molecule has 4 aromatic rings. The number of benzene rings is 1. The number of hydrogen-bond donors (Lipinski definition) is 2. The summed E-state index contributed by atoms with van der Waals surface area (Å²) in [5.74, 6) is 5.53. The van der Waals surface area contributed by atoms with Crippen molar-refractivity contribution in [2.45, 2.75) is 38.7 Å². The van der Waals surface area contributed by atoms with Crippen LogP contribution in [0.25, 0.3) is 33.7 Å². The summed E-state index contributed by atoms with van der Waals surface area (Å²) in [7, 11) is 0. The molecule has 0 radical (unpaired) electrons. The lowest BCUT2D eigenvalue weighted by molar-refractivity contribution is -0.158. The average Bonchev–Trinajstić information content (AvgIpc) is 3.29. The van der Waals surface area contributed by atoms with Crippen molar-refractivity contribution in [3.63, 3.8) is 0 Å². The second-order valence-electron chi connectivity index (χ2n) is 8.85. The van der Waals surface area contributed by atoms with Gasteiger partial charge in [0, 0.05) is 29.6 Å². The number of fused-ring (bicyclic) bond motifs is 1. The highest BCUT2D eigenvalue weighted by atomic mass is 19.1. The van der Waals surface area contributed by atoms with Crippen molar-refractivity contribution in [2.75, 3.05) is 0 Å². The molecule has 0 saturated heterocycles. The maximum absolute atomic E-state index is 13.4. The normalized spacial score (nSPS) is 20.3. The number of nitrogens with one attached hydrogen (secondary N) is 1. The number of H-pyrrole nitrogens is 1. The zero-order valence-electron chi connectivity index (χ0n) is 18.6. The quantitative estimate of drug-likeness (QED) is 0.418. The van der Waals surface area contributed by atoms with Gasteiger partial charge in [0.1, 0.15) is 17.7 Å². The van der Waals surface area contributed by atoms with Crippen LogP contribution in [0.3, 0.4) is 0 Å². The summed E-state index contributed by atoms with van der Waals surface area (Å²) in [6.45, 7) is 1.87. The number of imidazole rings is 1. The van der Waals surface area contributed by atoms with Crippen molar-refractivity contribution < 1.29 is 18.8 Å². The monoisotopic (exact) mass is 461 g/mol. The first kappa shape index (κ1) is 22.0. The average molecular weight is 461 g/mol. The molecule has 8 nitrogen and oxygen atoms in total. The van der Waals surface area contributed by atoms with Crippen LogP contribution in [-0.2, 0) is 9.63 Å². The number of aromatic amines is 1. The molecular formula is C25H24FN5O3. The third kappa shape index (κ3) is 4.34. The molecule has 1 aliphatic carbocycles. The van der Waals surface area contributed by atoms with Gasteiger partial charge in [-0.25, -0.2) is 19.2 Å². The van der Waals surface area contributed by atoms with Crippen LogP contribution in [0.5, 0.6) is 5.88 Å². The Balaban J connectivity index is 1.23. The number of ether oxygens (including phenoxy) is 1. The Labute approximate surface area is 195 Å². The van der Waals surface area contributed by atoms with Gasteiger partial charge in [-0.15, -0.1) is 0 Å². The molecule has 0 amide bonds. The standard InChI is InChI=1S/C25H24FN5O3/c1-25(24(32)34-27)10-8-18(9-11-25)33-22-7-3-15(13-29-22)19-5-2-16(14-28-19)23-30-20-6-4-17(26)12-21(20)31-23/h2-7,12-14,18H,8-11,27H2,1H3,(H,30,31). The minimum Gasteiger partial charge on any atom is -0.474 e. The van der Waals surface area contributed by atoms with Gasteiger partial charge in [0.05, 0.1) is 22.1 Å². The number of halogens is 1. The van der Waals surface area contributed by atoms with Crippen molar-refractivity contribution in [1.29, 1.82) is 0 Å². The first-order chi connectivity index (χ1) is 16.4. The SMILES string of the molecule is CC1(C(=O)ON)CCC(Oc2ccc(-c3ccc(-c4nc5ccc(F)cc5[nH]4)cn3)cn2)CC1. The number of aromatic nitrogens is 4. The highest BCUT2D eigenvalue weighted by molar-refractivity contribution is 5.79. The Morgan fingerprint density at radius 1 is 1.09 bits per heavy atom. The Morgan fingerprint density at radius 3 is 2.53 bits per heavy atom. The van der Waals surface area contributed by atoms with E-state index in [-0.39, 0.29) is 17.9 Å². The molecule has 174 valence electrons. The molecule has 1 aromatic carbocycles. The molecule has 1 fully saturated rings. The van der Waals surface area contributed by atoms with Gasteiger partial charge in [0.15, 0.2) is 0 Å². The number of hydrogen-bond acceptors (Lipinski definition) is 7. The number of nitrogens with zero attached hydrogens (tertiary/aromatic N) is 3. The number of carbonyl (C=O) groups is 1. The fourth-order valence-electron chi connectivity index (χ4n) is 4.29. The molecule has 1 saturated carbocycles. The van der Waals surface area contributed by atoms with E-state index in [1.165, 1.54) is 12.1 Å². The molecule has 0 aliphatic heterocycles. The summed E-state index contributed by atoms with van der Waals surface area (Å²) < 4.78 is 19.4. The van der Waals surface area contributed by atoms with Crippen molar-refractivity contribution in [3.05, 3.63) is 60.7 Å². The molecule has 3 heterocycles. The number of rotatable bonds is 5. The summed E-state index contributed by atoms with van der Waals surface area (Å²) in [4.78, 5) is 32.9. The molecular weight excluding hydrogens is 437 g/mol. The smallest absolute Gasteiger partial charge is 0.330 e. The van der Waals surface area contributed by atoms with E-state index < -0.39 is 5.41 Å². The maximum atomic E-state index is 13.4. The highest BCUT2D eigenvalue weighted by Crippen LogP contribution is 2.38. The van der Waals surface area contributed by atoms with Crippen molar-refractivity contribution in [3.8, 4) is 28.5 Å². The van der Waals surface area contributed by atoms with Crippen molar-refractivity contribution in [2.24, 2.45) is 11.3 Å². The lowest BCUT2D eigenvalue weighted by Crippen LogP contribution is -2.38. The van der Waals surface area contributed by atoms with Crippen LogP contribution >= 0.6 is 0 Å². The Morgan fingerprint density at radius 2 is 1.85 bits per heavy atom. The van der Waals surface area contributed by atoms with E-state index in [2.05, 4.69) is 24.8 Å². The van der Waals surface area contributed by atoms with E-state index in [1.807, 2.05) is 31.2 Å². The van der Waals surface area contributed by atoms with Crippen LogP contribution in [0, 0.1) is 11.2 Å².